The Hall–Kier alpha value is -1.53. The van der Waals surface area contributed by atoms with Gasteiger partial charge in [-0.15, -0.1) is 11.8 Å². The number of rotatable bonds is 2. The molecule has 6 heteroatoms. The molecule has 0 spiro atoms. The summed E-state index contributed by atoms with van der Waals surface area (Å²) in [7, 11) is 0. The number of fused-ring (bicyclic) bond motifs is 2. The van der Waals surface area contributed by atoms with Crippen molar-refractivity contribution in [1.82, 2.24) is 14.7 Å². The van der Waals surface area contributed by atoms with Crippen molar-refractivity contribution < 1.29 is 9.59 Å². The van der Waals surface area contributed by atoms with Gasteiger partial charge >= 0.3 is 0 Å². The zero-order valence-corrected chi connectivity index (χ0v) is 14.1. The Morgan fingerprint density at radius 2 is 1.96 bits per heavy atom. The summed E-state index contributed by atoms with van der Waals surface area (Å²) in [6, 6.07) is 7.97. The van der Waals surface area contributed by atoms with E-state index in [-0.39, 0.29) is 23.9 Å². The van der Waals surface area contributed by atoms with Crippen molar-refractivity contribution in [2.75, 3.05) is 31.3 Å². The molecule has 1 aromatic rings. The molecule has 2 atom stereocenters. The van der Waals surface area contributed by atoms with Gasteiger partial charge in [-0.25, -0.2) is 0 Å². The molecule has 2 amide bonds. The zero-order valence-electron chi connectivity index (χ0n) is 13.3. The molecule has 23 heavy (non-hydrogen) atoms. The summed E-state index contributed by atoms with van der Waals surface area (Å²) in [6.45, 7) is 5.08. The van der Waals surface area contributed by atoms with Crippen LogP contribution in [0.1, 0.15) is 11.1 Å². The first-order chi connectivity index (χ1) is 11.1. The van der Waals surface area contributed by atoms with Crippen molar-refractivity contribution in [2.45, 2.75) is 25.6 Å². The van der Waals surface area contributed by atoms with Gasteiger partial charge in [-0.3, -0.25) is 14.5 Å². The second-order valence-electron chi connectivity index (χ2n) is 6.60. The van der Waals surface area contributed by atoms with Crippen LogP contribution in [0.5, 0.6) is 0 Å². The van der Waals surface area contributed by atoms with E-state index in [0.717, 1.165) is 18.8 Å². The number of piperazine rings is 2. The van der Waals surface area contributed by atoms with Gasteiger partial charge in [0.15, 0.2) is 0 Å². The van der Waals surface area contributed by atoms with E-state index >= 15 is 0 Å². The monoisotopic (exact) mass is 331 g/mol. The molecule has 0 aromatic heterocycles. The number of hydrogen-bond donors (Lipinski definition) is 0. The Kier molecular flexibility index (Phi) is 3.81. The van der Waals surface area contributed by atoms with E-state index in [2.05, 4.69) is 36.1 Å². The average Bonchev–Trinajstić information content (AvgIpc) is 3.03. The number of carbonyl (C=O) groups is 2. The van der Waals surface area contributed by atoms with E-state index in [1.165, 1.54) is 11.1 Å². The van der Waals surface area contributed by atoms with E-state index in [0.29, 0.717) is 19.0 Å². The number of hydrogen-bond acceptors (Lipinski definition) is 4. The highest BCUT2D eigenvalue weighted by Gasteiger charge is 2.49. The molecule has 3 saturated heterocycles. The van der Waals surface area contributed by atoms with E-state index in [1.54, 1.807) is 16.7 Å². The molecule has 122 valence electrons. The van der Waals surface area contributed by atoms with Gasteiger partial charge in [-0.05, 0) is 12.5 Å². The fourth-order valence-corrected chi connectivity index (χ4v) is 4.93. The first-order valence-electron chi connectivity index (χ1n) is 8.10. The second-order valence-corrected chi connectivity index (χ2v) is 7.60. The smallest absolute Gasteiger partial charge is 0.248 e. The van der Waals surface area contributed by atoms with Crippen LogP contribution < -0.4 is 0 Å². The SMILES string of the molecule is Cc1cccc(CN2CCN3C(=O)[C@@H]4CSCN4C(=O)[C@H]3C2)c1. The summed E-state index contributed by atoms with van der Waals surface area (Å²) in [6.07, 6.45) is 0. The van der Waals surface area contributed by atoms with Gasteiger partial charge in [0.05, 0.1) is 5.88 Å². The number of aryl methyl sites for hydroxylation is 1. The van der Waals surface area contributed by atoms with Crippen LogP contribution in [-0.2, 0) is 16.1 Å². The maximum Gasteiger partial charge on any atom is 0.248 e. The highest BCUT2D eigenvalue weighted by atomic mass is 32.2. The molecular weight excluding hydrogens is 310 g/mol. The number of amides is 2. The molecule has 0 radical (unpaired) electrons. The average molecular weight is 331 g/mol. The molecule has 3 aliphatic rings. The van der Waals surface area contributed by atoms with Crippen LogP contribution in [0.4, 0.5) is 0 Å². The number of nitrogens with zero attached hydrogens (tertiary/aromatic N) is 3. The summed E-state index contributed by atoms with van der Waals surface area (Å²) >= 11 is 1.68. The van der Waals surface area contributed by atoms with Crippen molar-refractivity contribution in [2.24, 2.45) is 0 Å². The number of carbonyl (C=O) groups excluding carboxylic acids is 2. The van der Waals surface area contributed by atoms with Crippen molar-refractivity contribution in [3.63, 3.8) is 0 Å². The molecule has 0 aliphatic carbocycles. The topological polar surface area (TPSA) is 43.9 Å². The second kappa shape index (κ2) is 5.83. The summed E-state index contributed by atoms with van der Waals surface area (Å²) < 4.78 is 0. The van der Waals surface area contributed by atoms with Crippen molar-refractivity contribution >= 4 is 23.6 Å². The molecule has 0 bridgehead atoms. The van der Waals surface area contributed by atoms with Crippen LogP contribution in [0.2, 0.25) is 0 Å². The van der Waals surface area contributed by atoms with Crippen LogP contribution in [0.15, 0.2) is 24.3 Å². The van der Waals surface area contributed by atoms with Crippen LogP contribution in [0, 0.1) is 6.92 Å². The molecular formula is C17H21N3O2S. The van der Waals surface area contributed by atoms with Gasteiger partial charge in [-0.2, -0.15) is 0 Å². The third-order valence-electron chi connectivity index (χ3n) is 4.97. The fourth-order valence-electron chi connectivity index (χ4n) is 3.77. The van der Waals surface area contributed by atoms with E-state index in [9.17, 15) is 9.59 Å². The third kappa shape index (κ3) is 2.64. The Labute approximate surface area is 140 Å². The fraction of sp³-hybridized carbons (Fsp3) is 0.529. The zero-order chi connectivity index (χ0) is 16.0. The lowest BCUT2D eigenvalue weighted by Gasteiger charge is -2.47. The van der Waals surface area contributed by atoms with Gasteiger partial charge in [0.1, 0.15) is 12.1 Å². The van der Waals surface area contributed by atoms with E-state index in [4.69, 9.17) is 0 Å². The lowest BCUT2D eigenvalue weighted by atomic mass is 10.0. The molecule has 3 heterocycles. The Morgan fingerprint density at radius 1 is 1.13 bits per heavy atom. The highest BCUT2D eigenvalue weighted by Crippen LogP contribution is 2.30. The third-order valence-corrected chi connectivity index (χ3v) is 5.98. The number of benzene rings is 1. The predicted octanol–water partition coefficient (Wildman–Crippen LogP) is 0.923. The lowest BCUT2D eigenvalue weighted by Crippen LogP contribution is -2.69. The molecule has 1 aromatic carbocycles. The van der Waals surface area contributed by atoms with Gasteiger partial charge < -0.3 is 9.80 Å². The standard InChI is InChI=1S/C17H21N3O2S/c1-12-3-2-4-13(7-12)8-18-5-6-19-14(9-18)16(21)20-11-23-10-15(20)17(19)22/h2-4,7,14-15H,5-6,8-11H2,1H3/t14-,15+/m1/s1. The van der Waals surface area contributed by atoms with Crippen molar-refractivity contribution in [3.8, 4) is 0 Å². The van der Waals surface area contributed by atoms with Crippen LogP contribution in [0.25, 0.3) is 0 Å². The van der Waals surface area contributed by atoms with Crippen molar-refractivity contribution in [3.05, 3.63) is 35.4 Å². The van der Waals surface area contributed by atoms with Gasteiger partial charge in [0, 0.05) is 31.9 Å². The summed E-state index contributed by atoms with van der Waals surface area (Å²) in [5, 5.41) is 0. The number of thioether (sulfide) groups is 1. The highest BCUT2D eigenvalue weighted by molar-refractivity contribution is 7.99. The van der Waals surface area contributed by atoms with Crippen molar-refractivity contribution in [1.29, 1.82) is 0 Å². The molecule has 0 N–H and O–H groups in total. The quantitative estimate of drug-likeness (QED) is 0.808. The van der Waals surface area contributed by atoms with Crippen LogP contribution in [0.3, 0.4) is 0 Å². The summed E-state index contributed by atoms with van der Waals surface area (Å²) in [5.41, 5.74) is 2.52. The van der Waals surface area contributed by atoms with E-state index in [1.807, 2.05) is 4.90 Å². The van der Waals surface area contributed by atoms with Crippen LogP contribution >= 0.6 is 11.8 Å². The Balaban J connectivity index is 1.49. The molecule has 3 aliphatic heterocycles. The molecule has 0 unspecified atom stereocenters. The minimum Gasteiger partial charge on any atom is -0.326 e. The van der Waals surface area contributed by atoms with Gasteiger partial charge in [0.2, 0.25) is 11.8 Å². The first-order valence-corrected chi connectivity index (χ1v) is 9.25. The summed E-state index contributed by atoms with van der Waals surface area (Å²) in [4.78, 5) is 31.2. The minimum atomic E-state index is -0.295. The Morgan fingerprint density at radius 3 is 2.78 bits per heavy atom. The normalized spacial score (nSPS) is 28.0. The van der Waals surface area contributed by atoms with E-state index < -0.39 is 0 Å². The molecule has 4 rings (SSSR count). The first kappa shape index (κ1) is 15.0. The predicted molar refractivity (Wildman–Crippen MR) is 89.9 cm³/mol. The van der Waals surface area contributed by atoms with Gasteiger partial charge in [-0.1, -0.05) is 29.8 Å². The maximum atomic E-state index is 12.7. The molecule has 0 saturated carbocycles. The minimum absolute atomic E-state index is 0.133. The Bertz CT molecular complexity index is 650. The van der Waals surface area contributed by atoms with Gasteiger partial charge in [0.25, 0.3) is 0 Å². The largest absolute Gasteiger partial charge is 0.326 e. The van der Waals surface area contributed by atoms with Crippen LogP contribution in [-0.4, -0.2) is 69.9 Å². The molecule has 5 nitrogen and oxygen atoms in total. The summed E-state index contributed by atoms with van der Waals surface area (Å²) in [5.74, 6) is 1.70. The molecule has 3 fully saturated rings. The lowest BCUT2D eigenvalue weighted by molar-refractivity contribution is -0.162. The maximum absolute atomic E-state index is 12.7.